The Hall–Kier alpha value is -2.20. The summed E-state index contributed by atoms with van der Waals surface area (Å²) in [4.78, 5) is 12.1. The van der Waals surface area contributed by atoms with E-state index in [9.17, 15) is 9.18 Å². The smallest absolute Gasteiger partial charge is 0.251 e. The van der Waals surface area contributed by atoms with Crippen molar-refractivity contribution in [2.24, 2.45) is 0 Å². The van der Waals surface area contributed by atoms with E-state index in [1.54, 1.807) is 18.2 Å². The van der Waals surface area contributed by atoms with E-state index in [4.69, 9.17) is 4.74 Å². The fourth-order valence-electron chi connectivity index (χ4n) is 2.40. The van der Waals surface area contributed by atoms with Gasteiger partial charge in [0.25, 0.3) is 5.91 Å². The van der Waals surface area contributed by atoms with Gasteiger partial charge in [-0.15, -0.1) is 0 Å². The molecule has 0 aromatic heterocycles. The lowest BCUT2D eigenvalue weighted by atomic mass is 10.0. The normalized spacial score (nSPS) is 17.7. The van der Waals surface area contributed by atoms with Crippen molar-refractivity contribution >= 4 is 5.91 Å². The number of benzene rings is 2. The van der Waals surface area contributed by atoms with Crippen LogP contribution in [0.5, 0.6) is 0 Å². The second kappa shape index (κ2) is 6.06. The Balaban J connectivity index is 1.72. The largest absolute Gasteiger partial charge is 0.379 e. The number of hydrogen-bond acceptors (Lipinski definition) is 2. The van der Waals surface area contributed by atoms with Crippen LogP contribution >= 0.6 is 0 Å². The Morgan fingerprint density at radius 1 is 1.14 bits per heavy atom. The Bertz CT molecular complexity index is 633. The molecule has 1 fully saturated rings. The molecule has 3 nitrogen and oxygen atoms in total. The monoisotopic (exact) mass is 285 g/mol. The summed E-state index contributed by atoms with van der Waals surface area (Å²) in [5.41, 5.74) is 2.28. The van der Waals surface area contributed by atoms with E-state index < -0.39 is 0 Å². The summed E-state index contributed by atoms with van der Waals surface area (Å²) in [5.74, 6) is -0.369. The minimum absolute atomic E-state index is 0.0976. The van der Waals surface area contributed by atoms with Crippen molar-refractivity contribution in [1.29, 1.82) is 0 Å². The number of ether oxygens (including phenoxy) is 1. The highest BCUT2D eigenvalue weighted by Gasteiger charge is 2.18. The SMILES string of the molecule is O=C(NC1CCOC1)c1ccc(-c2cccc(F)c2)cc1. The molecule has 108 valence electrons. The summed E-state index contributed by atoms with van der Waals surface area (Å²) < 4.78 is 18.4. The van der Waals surface area contributed by atoms with Crippen molar-refractivity contribution in [1.82, 2.24) is 5.32 Å². The molecule has 0 saturated carbocycles. The molecule has 2 aromatic carbocycles. The molecule has 3 rings (SSSR count). The maximum atomic E-state index is 13.2. The Labute approximate surface area is 122 Å². The van der Waals surface area contributed by atoms with Gasteiger partial charge in [-0.2, -0.15) is 0 Å². The third-order valence-electron chi connectivity index (χ3n) is 3.57. The van der Waals surface area contributed by atoms with Crippen LogP contribution in [0.3, 0.4) is 0 Å². The lowest BCUT2D eigenvalue weighted by Gasteiger charge is -2.11. The zero-order valence-electron chi connectivity index (χ0n) is 11.5. The van der Waals surface area contributed by atoms with Crippen LogP contribution < -0.4 is 5.32 Å². The van der Waals surface area contributed by atoms with E-state index in [1.165, 1.54) is 12.1 Å². The first kappa shape index (κ1) is 13.8. The number of nitrogens with one attached hydrogen (secondary N) is 1. The molecule has 1 saturated heterocycles. The van der Waals surface area contributed by atoms with Crippen LogP contribution in [-0.4, -0.2) is 25.2 Å². The summed E-state index contributed by atoms with van der Waals surface area (Å²) >= 11 is 0. The predicted octanol–water partition coefficient (Wildman–Crippen LogP) is 3.01. The van der Waals surface area contributed by atoms with Crippen LogP contribution in [0.25, 0.3) is 11.1 Å². The van der Waals surface area contributed by atoms with Crippen LogP contribution in [0.4, 0.5) is 4.39 Å². The molecule has 1 heterocycles. The topological polar surface area (TPSA) is 38.3 Å². The van der Waals surface area contributed by atoms with Crippen LogP contribution in [0.15, 0.2) is 48.5 Å². The van der Waals surface area contributed by atoms with E-state index in [2.05, 4.69) is 5.32 Å². The standard InChI is InChI=1S/C17H16FNO2/c18-15-3-1-2-14(10-15)12-4-6-13(7-5-12)17(20)19-16-8-9-21-11-16/h1-7,10,16H,8-9,11H2,(H,19,20). The van der Waals surface area contributed by atoms with Gasteiger partial charge in [-0.1, -0.05) is 24.3 Å². The van der Waals surface area contributed by atoms with E-state index in [0.717, 1.165) is 17.5 Å². The van der Waals surface area contributed by atoms with Crippen LogP contribution in [0.2, 0.25) is 0 Å². The Morgan fingerprint density at radius 3 is 2.62 bits per heavy atom. The van der Waals surface area contributed by atoms with Crippen LogP contribution in [-0.2, 0) is 4.74 Å². The van der Waals surface area contributed by atoms with Crippen LogP contribution in [0.1, 0.15) is 16.8 Å². The van der Waals surface area contributed by atoms with Gasteiger partial charge in [-0.05, 0) is 41.8 Å². The van der Waals surface area contributed by atoms with Crippen molar-refractivity contribution in [2.75, 3.05) is 13.2 Å². The van der Waals surface area contributed by atoms with Gasteiger partial charge in [0, 0.05) is 12.2 Å². The van der Waals surface area contributed by atoms with Gasteiger partial charge >= 0.3 is 0 Å². The van der Waals surface area contributed by atoms with Crippen molar-refractivity contribution in [3.63, 3.8) is 0 Å². The van der Waals surface area contributed by atoms with Gasteiger partial charge in [0.05, 0.1) is 12.6 Å². The predicted molar refractivity (Wildman–Crippen MR) is 78.5 cm³/mol. The summed E-state index contributed by atoms with van der Waals surface area (Å²) in [6.45, 7) is 1.27. The fraction of sp³-hybridized carbons (Fsp3) is 0.235. The first-order valence-electron chi connectivity index (χ1n) is 6.97. The van der Waals surface area contributed by atoms with Crippen molar-refractivity contribution in [3.05, 3.63) is 59.9 Å². The van der Waals surface area contributed by atoms with E-state index in [1.807, 2.05) is 18.2 Å². The van der Waals surface area contributed by atoms with Gasteiger partial charge in [0.15, 0.2) is 0 Å². The maximum Gasteiger partial charge on any atom is 0.251 e. The molecular weight excluding hydrogens is 269 g/mol. The second-order valence-corrected chi connectivity index (χ2v) is 5.12. The number of carbonyl (C=O) groups is 1. The van der Waals surface area contributed by atoms with E-state index in [-0.39, 0.29) is 17.8 Å². The third kappa shape index (κ3) is 3.28. The molecule has 1 atom stereocenters. The molecule has 1 amide bonds. The summed E-state index contributed by atoms with van der Waals surface area (Å²) in [6.07, 6.45) is 0.854. The Morgan fingerprint density at radius 2 is 1.95 bits per heavy atom. The zero-order chi connectivity index (χ0) is 14.7. The van der Waals surface area contributed by atoms with Gasteiger partial charge in [-0.3, -0.25) is 4.79 Å². The molecule has 0 spiro atoms. The highest BCUT2D eigenvalue weighted by Crippen LogP contribution is 2.20. The average Bonchev–Trinajstić information content (AvgIpc) is 3.00. The summed E-state index contributed by atoms with van der Waals surface area (Å²) in [6, 6.07) is 13.7. The lowest BCUT2D eigenvalue weighted by molar-refractivity contribution is 0.0930. The number of carbonyl (C=O) groups excluding carboxylic acids is 1. The quantitative estimate of drug-likeness (QED) is 0.941. The number of hydrogen-bond donors (Lipinski definition) is 1. The van der Waals surface area contributed by atoms with Gasteiger partial charge in [-0.25, -0.2) is 4.39 Å². The molecule has 0 aliphatic carbocycles. The number of rotatable bonds is 3. The second-order valence-electron chi connectivity index (χ2n) is 5.12. The molecule has 21 heavy (non-hydrogen) atoms. The minimum Gasteiger partial charge on any atom is -0.379 e. The molecule has 1 N–H and O–H groups in total. The summed E-state index contributed by atoms with van der Waals surface area (Å²) in [5, 5.41) is 2.94. The van der Waals surface area contributed by atoms with E-state index >= 15 is 0 Å². The number of halogens is 1. The molecule has 2 aromatic rings. The lowest BCUT2D eigenvalue weighted by Crippen LogP contribution is -2.34. The highest BCUT2D eigenvalue weighted by atomic mass is 19.1. The molecule has 1 unspecified atom stereocenters. The zero-order valence-corrected chi connectivity index (χ0v) is 11.5. The van der Waals surface area contributed by atoms with Gasteiger partial charge < -0.3 is 10.1 Å². The molecule has 0 radical (unpaired) electrons. The van der Waals surface area contributed by atoms with Crippen molar-refractivity contribution < 1.29 is 13.9 Å². The first-order chi connectivity index (χ1) is 10.2. The first-order valence-corrected chi connectivity index (χ1v) is 6.97. The molecule has 1 aliphatic heterocycles. The van der Waals surface area contributed by atoms with Gasteiger partial charge in [0.2, 0.25) is 0 Å². The average molecular weight is 285 g/mol. The minimum atomic E-state index is -0.268. The molecule has 4 heteroatoms. The van der Waals surface area contributed by atoms with E-state index in [0.29, 0.717) is 18.8 Å². The molecule has 1 aliphatic rings. The van der Waals surface area contributed by atoms with Crippen molar-refractivity contribution in [2.45, 2.75) is 12.5 Å². The summed E-state index contributed by atoms with van der Waals surface area (Å²) in [7, 11) is 0. The van der Waals surface area contributed by atoms with Crippen molar-refractivity contribution in [3.8, 4) is 11.1 Å². The fourth-order valence-corrected chi connectivity index (χ4v) is 2.40. The Kier molecular flexibility index (Phi) is 3.97. The molecule has 0 bridgehead atoms. The third-order valence-corrected chi connectivity index (χ3v) is 3.57. The molecular formula is C17H16FNO2. The van der Waals surface area contributed by atoms with Crippen LogP contribution in [0, 0.1) is 5.82 Å². The van der Waals surface area contributed by atoms with Gasteiger partial charge in [0.1, 0.15) is 5.82 Å². The highest BCUT2D eigenvalue weighted by molar-refractivity contribution is 5.94. The maximum absolute atomic E-state index is 13.2. The number of amides is 1.